The molecule has 3 aliphatic rings. The summed E-state index contributed by atoms with van der Waals surface area (Å²) in [7, 11) is -2.88. The van der Waals surface area contributed by atoms with Gasteiger partial charge in [0.05, 0.1) is 11.5 Å². The van der Waals surface area contributed by atoms with Gasteiger partial charge >= 0.3 is 0 Å². The second-order valence-electron chi connectivity index (χ2n) is 6.76. The zero-order chi connectivity index (χ0) is 14.2. The van der Waals surface area contributed by atoms with Gasteiger partial charge in [-0.25, -0.2) is 8.42 Å². The maximum absolute atomic E-state index is 11.9. The molecule has 0 saturated carbocycles. The summed E-state index contributed by atoms with van der Waals surface area (Å²) in [4.78, 5) is 4.99. The van der Waals surface area contributed by atoms with Crippen LogP contribution in [0, 0.1) is 0 Å². The van der Waals surface area contributed by atoms with Crippen molar-refractivity contribution in [2.24, 2.45) is 5.73 Å². The molecule has 2 atom stereocenters. The fourth-order valence-corrected chi connectivity index (χ4v) is 6.29. The minimum Gasteiger partial charge on any atom is -0.329 e. The van der Waals surface area contributed by atoms with Gasteiger partial charge in [0.2, 0.25) is 0 Å². The molecule has 0 aromatic heterocycles. The second-order valence-corrected chi connectivity index (χ2v) is 8.94. The number of hydrogen-bond donors (Lipinski definition) is 1. The number of sulfone groups is 1. The van der Waals surface area contributed by atoms with E-state index in [1.165, 1.54) is 38.8 Å². The number of likely N-dealkylation sites (tertiary alicyclic amines) is 2. The van der Waals surface area contributed by atoms with Crippen molar-refractivity contribution in [3.05, 3.63) is 0 Å². The van der Waals surface area contributed by atoms with E-state index in [0.29, 0.717) is 18.3 Å². The third-order valence-corrected chi connectivity index (χ3v) is 7.29. The van der Waals surface area contributed by atoms with Crippen LogP contribution in [0.3, 0.4) is 0 Å². The Labute approximate surface area is 122 Å². The summed E-state index contributed by atoms with van der Waals surface area (Å²) in [5, 5.41) is 0. The van der Waals surface area contributed by atoms with Crippen LogP contribution in [0.4, 0.5) is 0 Å². The van der Waals surface area contributed by atoms with Crippen LogP contribution < -0.4 is 5.73 Å². The predicted octanol–water partition coefficient (Wildman–Crippen LogP) is 0.0626. The van der Waals surface area contributed by atoms with Crippen molar-refractivity contribution in [2.75, 3.05) is 44.2 Å². The van der Waals surface area contributed by atoms with E-state index < -0.39 is 9.84 Å². The molecule has 0 spiro atoms. The lowest BCUT2D eigenvalue weighted by atomic mass is 9.97. The van der Waals surface area contributed by atoms with Crippen LogP contribution in [-0.2, 0) is 9.84 Å². The molecular formula is C14H27N3O2S. The first-order valence-corrected chi connectivity index (χ1v) is 9.76. The van der Waals surface area contributed by atoms with Crippen LogP contribution in [0.25, 0.3) is 0 Å². The van der Waals surface area contributed by atoms with Crippen molar-refractivity contribution in [1.82, 2.24) is 9.80 Å². The van der Waals surface area contributed by atoms with Gasteiger partial charge in [0, 0.05) is 31.2 Å². The number of hydrogen-bond acceptors (Lipinski definition) is 5. The maximum atomic E-state index is 11.9. The number of piperidine rings is 1. The third kappa shape index (κ3) is 2.75. The fourth-order valence-electron chi connectivity index (χ4n) is 4.19. The van der Waals surface area contributed by atoms with Gasteiger partial charge in [0.15, 0.2) is 9.84 Å². The van der Waals surface area contributed by atoms with Gasteiger partial charge in [0.1, 0.15) is 0 Å². The van der Waals surface area contributed by atoms with Crippen LogP contribution in [0.5, 0.6) is 0 Å². The molecule has 6 heteroatoms. The van der Waals surface area contributed by atoms with Crippen molar-refractivity contribution in [3.8, 4) is 0 Å². The average Bonchev–Trinajstić information content (AvgIpc) is 3.05. The summed E-state index contributed by atoms with van der Waals surface area (Å²) in [6.07, 6.45) is 5.87. The zero-order valence-electron chi connectivity index (χ0n) is 12.3. The quantitative estimate of drug-likeness (QED) is 0.798. The highest BCUT2D eigenvalue weighted by atomic mass is 32.2. The van der Waals surface area contributed by atoms with E-state index in [9.17, 15) is 8.42 Å². The van der Waals surface area contributed by atoms with Crippen molar-refractivity contribution in [1.29, 1.82) is 0 Å². The van der Waals surface area contributed by atoms with E-state index in [2.05, 4.69) is 9.80 Å². The van der Waals surface area contributed by atoms with E-state index in [0.717, 1.165) is 19.5 Å². The normalized spacial score (nSPS) is 39.4. The molecule has 3 heterocycles. The van der Waals surface area contributed by atoms with Crippen LogP contribution in [0.1, 0.15) is 32.1 Å². The first-order chi connectivity index (χ1) is 9.55. The fraction of sp³-hybridized carbons (Fsp3) is 1.00. The highest BCUT2D eigenvalue weighted by molar-refractivity contribution is 7.91. The average molecular weight is 301 g/mol. The maximum Gasteiger partial charge on any atom is 0.152 e. The molecule has 5 nitrogen and oxygen atoms in total. The summed E-state index contributed by atoms with van der Waals surface area (Å²) < 4.78 is 23.7. The van der Waals surface area contributed by atoms with Gasteiger partial charge in [-0.1, -0.05) is 6.42 Å². The molecule has 3 saturated heterocycles. The highest BCUT2D eigenvalue weighted by Gasteiger charge is 2.48. The molecule has 0 aromatic rings. The Balaban J connectivity index is 1.66. The van der Waals surface area contributed by atoms with Gasteiger partial charge < -0.3 is 5.73 Å². The molecule has 0 amide bonds. The summed E-state index contributed by atoms with van der Waals surface area (Å²) >= 11 is 0. The Hall–Kier alpha value is -0.170. The molecule has 0 radical (unpaired) electrons. The minimum absolute atomic E-state index is 0.267. The standard InChI is InChI=1S/C14H27N3O2S/c15-11-14(5-9-20(18,19)12-14)17-8-4-13(10-17)16-6-2-1-3-7-16/h13H,1-12,15H2. The summed E-state index contributed by atoms with van der Waals surface area (Å²) in [6.45, 7) is 4.92. The van der Waals surface area contributed by atoms with Crippen LogP contribution in [-0.4, -0.2) is 74.0 Å². The van der Waals surface area contributed by atoms with Crippen molar-refractivity contribution < 1.29 is 8.42 Å². The van der Waals surface area contributed by atoms with Crippen LogP contribution in [0.2, 0.25) is 0 Å². The Bertz CT molecular complexity index is 447. The largest absolute Gasteiger partial charge is 0.329 e. The van der Waals surface area contributed by atoms with Gasteiger partial charge in [0.25, 0.3) is 0 Å². The van der Waals surface area contributed by atoms with Crippen LogP contribution in [0.15, 0.2) is 0 Å². The Morgan fingerprint density at radius 3 is 2.50 bits per heavy atom. The molecule has 3 fully saturated rings. The number of nitrogens with zero attached hydrogens (tertiary/aromatic N) is 2. The van der Waals surface area contributed by atoms with Gasteiger partial charge in [-0.2, -0.15) is 0 Å². The summed E-state index contributed by atoms with van der Waals surface area (Å²) in [5.41, 5.74) is 5.70. The number of rotatable bonds is 3. The molecule has 116 valence electrons. The molecule has 0 aromatic carbocycles. The van der Waals surface area contributed by atoms with E-state index in [1.807, 2.05) is 0 Å². The van der Waals surface area contributed by atoms with Crippen molar-refractivity contribution in [3.63, 3.8) is 0 Å². The van der Waals surface area contributed by atoms with E-state index in [4.69, 9.17) is 5.73 Å². The second kappa shape index (κ2) is 5.55. The van der Waals surface area contributed by atoms with Crippen molar-refractivity contribution in [2.45, 2.75) is 43.7 Å². The predicted molar refractivity (Wildman–Crippen MR) is 80.5 cm³/mol. The molecular weight excluding hydrogens is 274 g/mol. The molecule has 3 rings (SSSR count). The minimum atomic E-state index is -2.88. The third-order valence-electron chi connectivity index (χ3n) is 5.49. The van der Waals surface area contributed by atoms with E-state index in [1.54, 1.807) is 0 Å². The lowest BCUT2D eigenvalue weighted by Gasteiger charge is -2.38. The Morgan fingerprint density at radius 1 is 1.15 bits per heavy atom. The zero-order valence-corrected chi connectivity index (χ0v) is 13.1. The molecule has 2 unspecified atom stereocenters. The molecule has 20 heavy (non-hydrogen) atoms. The van der Waals surface area contributed by atoms with Gasteiger partial charge in [-0.15, -0.1) is 0 Å². The van der Waals surface area contributed by atoms with E-state index >= 15 is 0 Å². The Kier molecular flexibility index (Phi) is 4.10. The van der Waals surface area contributed by atoms with Crippen molar-refractivity contribution >= 4 is 9.84 Å². The Morgan fingerprint density at radius 2 is 1.90 bits per heavy atom. The lowest BCUT2D eigenvalue weighted by molar-refractivity contribution is 0.117. The number of nitrogens with two attached hydrogens (primary N) is 1. The molecule has 2 N–H and O–H groups in total. The smallest absolute Gasteiger partial charge is 0.152 e. The first-order valence-electron chi connectivity index (χ1n) is 7.94. The SMILES string of the molecule is NCC1(N2CCC(N3CCCCC3)C2)CCS(=O)(=O)C1. The summed E-state index contributed by atoms with van der Waals surface area (Å²) in [5.74, 6) is 0.582. The van der Waals surface area contributed by atoms with Gasteiger partial charge in [-0.05, 0) is 38.8 Å². The lowest BCUT2D eigenvalue weighted by Crippen LogP contribution is -2.55. The topological polar surface area (TPSA) is 66.6 Å². The van der Waals surface area contributed by atoms with Crippen LogP contribution >= 0.6 is 0 Å². The van der Waals surface area contributed by atoms with Gasteiger partial charge in [-0.3, -0.25) is 9.80 Å². The molecule has 3 aliphatic heterocycles. The highest BCUT2D eigenvalue weighted by Crippen LogP contribution is 2.33. The monoisotopic (exact) mass is 301 g/mol. The summed E-state index contributed by atoms with van der Waals surface area (Å²) in [6, 6.07) is 0.613. The van der Waals surface area contributed by atoms with E-state index in [-0.39, 0.29) is 11.3 Å². The first kappa shape index (κ1) is 14.8. The molecule has 0 bridgehead atoms. The molecule has 0 aliphatic carbocycles.